The number of ether oxygens (including phenoxy) is 1. The molecule has 0 bridgehead atoms. The Bertz CT molecular complexity index is 532. The summed E-state index contributed by atoms with van der Waals surface area (Å²) in [6.45, 7) is 5.25. The van der Waals surface area contributed by atoms with Crippen LogP contribution in [0.5, 0.6) is 0 Å². The minimum Gasteiger partial charge on any atom is -0.372 e. The van der Waals surface area contributed by atoms with Crippen molar-refractivity contribution >= 4 is 0 Å². The Morgan fingerprint density at radius 3 is 2.91 bits per heavy atom. The van der Waals surface area contributed by atoms with E-state index < -0.39 is 0 Å². The topological polar surface area (TPSA) is 36.3 Å². The predicted octanol–water partition coefficient (Wildman–Crippen LogP) is 3.73. The SMILES string of the molecule is CCCC[C@@H]1CN(Cc2cccc(C#N)c2)C[C@H](C2CC2)O1. The zero-order valence-electron chi connectivity index (χ0n) is 13.5. The summed E-state index contributed by atoms with van der Waals surface area (Å²) >= 11 is 0. The number of rotatable bonds is 6. The van der Waals surface area contributed by atoms with Crippen LogP contribution in [0.15, 0.2) is 24.3 Å². The third-order valence-electron chi connectivity index (χ3n) is 4.76. The normalized spacial score (nSPS) is 25.8. The molecule has 3 nitrogen and oxygen atoms in total. The maximum atomic E-state index is 9.05. The second kappa shape index (κ2) is 7.26. The van der Waals surface area contributed by atoms with E-state index in [9.17, 15) is 0 Å². The van der Waals surface area contributed by atoms with E-state index in [4.69, 9.17) is 10.00 Å². The number of hydrogen-bond donors (Lipinski definition) is 0. The van der Waals surface area contributed by atoms with Crippen LogP contribution in [0.3, 0.4) is 0 Å². The molecule has 0 radical (unpaired) electrons. The van der Waals surface area contributed by atoms with E-state index in [1.54, 1.807) is 0 Å². The van der Waals surface area contributed by atoms with Crippen LogP contribution < -0.4 is 0 Å². The van der Waals surface area contributed by atoms with Gasteiger partial charge in [0.1, 0.15) is 0 Å². The van der Waals surface area contributed by atoms with Crippen molar-refractivity contribution in [1.82, 2.24) is 4.90 Å². The molecule has 0 aromatic heterocycles. The number of nitrogens with zero attached hydrogens (tertiary/aromatic N) is 2. The van der Waals surface area contributed by atoms with Crippen molar-refractivity contribution in [2.75, 3.05) is 13.1 Å². The molecule has 1 saturated heterocycles. The largest absolute Gasteiger partial charge is 0.372 e. The highest BCUT2D eigenvalue weighted by Gasteiger charge is 2.38. The van der Waals surface area contributed by atoms with Crippen molar-refractivity contribution in [3.05, 3.63) is 35.4 Å². The molecule has 2 aliphatic rings. The van der Waals surface area contributed by atoms with Gasteiger partial charge in [0, 0.05) is 19.6 Å². The lowest BCUT2D eigenvalue weighted by molar-refractivity contribution is -0.0993. The third-order valence-corrected chi connectivity index (χ3v) is 4.76. The molecule has 0 unspecified atom stereocenters. The van der Waals surface area contributed by atoms with Crippen LogP contribution in [-0.2, 0) is 11.3 Å². The summed E-state index contributed by atoms with van der Waals surface area (Å²) in [7, 11) is 0. The first-order chi connectivity index (χ1) is 10.8. The molecule has 1 aromatic carbocycles. The van der Waals surface area contributed by atoms with E-state index in [2.05, 4.69) is 24.0 Å². The minimum atomic E-state index is 0.387. The van der Waals surface area contributed by atoms with Gasteiger partial charge in [-0.2, -0.15) is 5.26 Å². The molecule has 118 valence electrons. The van der Waals surface area contributed by atoms with E-state index in [-0.39, 0.29) is 0 Å². The molecule has 1 heterocycles. The summed E-state index contributed by atoms with van der Waals surface area (Å²) < 4.78 is 6.33. The Hall–Kier alpha value is -1.37. The van der Waals surface area contributed by atoms with Crippen molar-refractivity contribution in [2.45, 2.75) is 57.8 Å². The van der Waals surface area contributed by atoms with Crippen LogP contribution in [-0.4, -0.2) is 30.2 Å². The Kier molecular flexibility index (Phi) is 5.12. The van der Waals surface area contributed by atoms with Gasteiger partial charge >= 0.3 is 0 Å². The number of hydrogen-bond acceptors (Lipinski definition) is 3. The van der Waals surface area contributed by atoms with Crippen molar-refractivity contribution in [2.24, 2.45) is 5.92 Å². The van der Waals surface area contributed by atoms with Crippen LogP contribution in [0.1, 0.15) is 50.2 Å². The molecule has 3 heteroatoms. The molecule has 3 rings (SSSR count). The summed E-state index contributed by atoms with van der Waals surface area (Å²) in [4.78, 5) is 2.53. The Morgan fingerprint density at radius 2 is 2.18 bits per heavy atom. The van der Waals surface area contributed by atoms with Gasteiger partial charge in [-0.05, 0) is 42.9 Å². The van der Waals surface area contributed by atoms with Gasteiger partial charge < -0.3 is 4.74 Å². The Balaban J connectivity index is 1.64. The first kappa shape index (κ1) is 15.5. The number of benzene rings is 1. The predicted molar refractivity (Wildman–Crippen MR) is 87.3 cm³/mol. The van der Waals surface area contributed by atoms with Gasteiger partial charge in [-0.25, -0.2) is 0 Å². The molecule has 1 saturated carbocycles. The molecule has 0 amide bonds. The molecule has 22 heavy (non-hydrogen) atoms. The first-order valence-electron chi connectivity index (χ1n) is 8.65. The van der Waals surface area contributed by atoms with Gasteiger partial charge in [0.2, 0.25) is 0 Å². The number of nitriles is 1. The highest BCUT2D eigenvalue weighted by atomic mass is 16.5. The van der Waals surface area contributed by atoms with Gasteiger partial charge in [0.25, 0.3) is 0 Å². The fourth-order valence-electron chi connectivity index (χ4n) is 3.40. The monoisotopic (exact) mass is 298 g/mol. The molecular formula is C19H26N2O. The lowest BCUT2D eigenvalue weighted by Crippen LogP contribution is -2.48. The lowest BCUT2D eigenvalue weighted by Gasteiger charge is -2.38. The molecule has 0 spiro atoms. The Morgan fingerprint density at radius 1 is 1.32 bits per heavy atom. The molecule has 2 fully saturated rings. The average molecular weight is 298 g/mol. The minimum absolute atomic E-state index is 0.387. The van der Waals surface area contributed by atoms with E-state index in [1.165, 1.54) is 37.7 Å². The van der Waals surface area contributed by atoms with Crippen molar-refractivity contribution in [3.63, 3.8) is 0 Å². The molecular weight excluding hydrogens is 272 g/mol. The fourth-order valence-corrected chi connectivity index (χ4v) is 3.40. The van der Waals surface area contributed by atoms with Gasteiger partial charge in [0.15, 0.2) is 0 Å². The number of unbranched alkanes of at least 4 members (excludes halogenated alkanes) is 1. The molecule has 1 aliphatic carbocycles. The van der Waals surface area contributed by atoms with Crippen LogP contribution >= 0.6 is 0 Å². The smallest absolute Gasteiger partial charge is 0.0991 e. The maximum absolute atomic E-state index is 9.05. The van der Waals surface area contributed by atoms with Crippen LogP contribution in [0.2, 0.25) is 0 Å². The summed E-state index contributed by atoms with van der Waals surface area (Å²) in [5.74, 6) is 0.789. The Labute approximate surface area is 133 Å². The molecule has 1 aliphatic heterocycles. The zero-order valence-corrected chi connectivity index (χ0v) is 13.5. The summed E-state index contributed by atoms with van der Waals surface area (Å²) in [6.07, 6.45) is 7.14. The van der Waals surface area contributed by atoms with Crippen molar-refractivity contribution in [3.8, 4) is 6.07 Å². The van der Waals surface area contributed by atoms with Crippen LogP contribution in [0.4, 0.5) is 0 Å². The van der Waals surface area contributed by atoms with Crippen molar-refractivity contribution in [1.29, 1.82) is 5.26 Å². The quantitative estimate of drug-likeness (QED) is 0.803. The second-order valence-corrected chi connectivity index (χ2v) is 6.78. The summed E-state index contributed by atoms with van der Waals surface area (Å²) in [5.41, 5.74) is 2.00. The third kappa shape index (κ3) is 4.09. The van der Waals surface area contributed by atoms with E-state index in [0.29, 0.717) is 12.2 Å². The van der Waals surface area contributed by atoms with Gasteiger partial charge in [-0.15, -0.1) is 0 Å². The van der Waals surface area contributed by atoms with Gasteiger partial charge in [-0.3, -0.25) is 4.90 Å². The lowest BCUT2D eigenvalue weighted by atomic mass is 10.1. The second-order valence-electron chi connectivity index (χ2n) is 6.78. The molecule has 0 N–H and O–H groups in total. The van der Waals surface area contributed by atoms with Crippen LogP contribution in [0, 0.1) is 17.2 Å². The van der Waals surface area contributed by atoms with E-state index in [0.717, 1.165) is 31.1 Å². The van der Waals surface area contributed by atoms with Gasteiger partial charge in [0.05, 0.1) is 23.8 Å². The number of morpholine rings is 1. The highest BCUT2D eigenvalue weighted by Crippen LogP contribution is 2.37. The summed E-state index contributed by atoms with van der Waals surface area (Å²) in [6, 6.07) is 10.2. The highest BCUT2D eigenvalue weighted by molar-refractivity contribution is 5.32. The first-order valence-corrected chi connectivity index (χ1v) is 8.65. The summed E-state index contributed by atoms with van der Waals surface area (Å²) in [5, 5.41) is 9.05. The van der Waals surface area contributed by atoms with Crippen LogP contribution in [0.25, 0.3) is 0 Å². The maximum Gasteiger partial charge on any atom is 0.0991 e. The van der Waals surface area contributed by atoms with Crippen molar-refractivity contribution < 1.29 is 4.74 Å². The zero-order chi connectivity index (χ0) is 15.4. The molecule has 2 atom stereocenters. The molecule has 1 aromatic rings. The van der Waals surface area contributed by atoms with Gasteiger partial charge in [-0.1, -0.05) is 31.9 Å². The van der Waals surface area contributed by atoms with E-state index in [1.807, 2.05) is 18.2 Å². The average Bonchev–Trinajstić information content (AvgIpc) is 3.38. The fraction of sp³-hybridized carbons (Fsp3) is 0.632. The van der Waals surface area contributed by atoms with E-state index >= 15 is 0 Å². The standard InChI is InChI=1S/C19H26N2O/c1-2-3-7-18-13-21(14-19(22-18)17-8-9-17)12-16-6-4-5-15(10-16)11-20/h4-6,10,17-19H,2-3,7-9,12-14H2,1H3/t18-,19-/m1/s1.